The molecule has 1 aromatic carbocycles. The molecule has 0 aromatic heterocycles. The van der Waals surface area contributed by atoms with E-state index in [1.807, 2.05) is 0 Å². The second-order valence-electron chi connectivity index (χ2n) is 3.89. The lowest BCUT2D eigenvalue weighted by atomic mass is 10.2. The molecule has 1 fully saturated rings. The summed E-state index contributed by atoms with van der Waals surface area (Å²) in [5, 5.41) is 10.2. The monoisotopic (exact) mass is 319 g/mol. The minimum absolute atomic E-state index is 0.000509. The first-order valence-corrected chi connectivity index (χ1v) is 6.36. The fraction of sp³-hybridized carbons (Fsp3) is 0.455. The molecule has 1 heterocycles. The van der Waals surface area contributed by atoms with Crippen molar-refractivity contribution in [2.24, 2.45) is 0 Å². The summed E-state index contributed by atoms with van der Waals surface area (Å²) < 4.78 is 24.4. The van der Waals surface area contributed by atoms with E-state index >= 15 is 0 Å². The topological polar surface area (TPSA) is 61.6 Å². The Bertz CT molecular complexity index is 457. The fourth-order valence-corrected chi connectivity index (χ4v) is 2.25. The number of hydrogen-bond donors (Lipinski definition) is 0. The lowest BCUT2D eigenvalue weighted by Crippen LogP contribution is -2.34. The van der Waals surface area contributed by atoms with E-state index in [-0.39, 0.29) is 22.6 Å². The van der Waals surface area contributed by atoms with Gasteiger partial charge in [-0.25, -0.2) is 4.39 Å². The SMILES string of the molecule is O=[N+]([O-])c1ccc(OC2CCCOC2Br)c(F)c1. The van der Waals surface area contributed by atoms with Gasteiger partial charge in [0.1, 0.15) is 11.1 Å². The summed E-state index contributed by atoms with van der Waals surface area (Å²) in [6.45, 7) is 0.637. The van der Waals surface area contributed by atoms with Crippen molar-refractivity contribution in [2.75, 3.05) is 6.61 Å². The van der Waals surface area contributed by atoms with Crippen LogP contribution in [0.25, 0.3) is 0 Å². The van der Waals surface area contributed by atoms with E-state index in [0.29, 0.717) is 6.61 Å². The molecule has 2 atom stereocenters. The summed E-state index contributed by atoms with van der Waals surface area (Å²) >= 11 is 3.30. The van der Waals surface area contributed by atoms with Gasteiger partial charge in [-0.2, -0.15) is 0 Å². The average molecular weight is 320 g/mol. The van der Waals surface area contributed by atoms with Crippen LogP contribution in [0.2, 0.25) is 0 Å². The molecule has 1 aromatic rings. The van der Waals surface area contributed by atoms with E-state index in [4.69, 9.17) is 9.47 Å². The number of halogens is 2. The average Bonchev–Trinajstić information content (AvgIpc) is 2.34. The summed E-state index contributed by atoms with van der Waals surface area (Å²) in [6.07, 6.45) is 1.28. The third kappa shape index (κ3) is 2.97. The van der Waals surface area contributed by atoms with Crippen molar-refractivity contribution in [3.05, 3.63) is 34.1 Å². The first kappa shape index (κ1) is 13.2. The van der Waals surface area contributed by atoms with Gasteiger partial charge in [0.25, 0.3) is 5.69 Å². The van der Waals surface area contributed by atoms with Gasteiger partial charge < -0.3 is 9.47 Å². The van der Waals surface area contributed by atoms with Crippen molar-refractivity contribution < 1.29 is 18.8 Å². The number of non-ortho nitro benzene ring substituents is 1. The van der Waals surface area contributed by atoms with Crippen LogP contribution in [0.5, 0.6) is 5.75 Å². The van der Waals surface area contributed by atoms with Gasteiger partial charge in [-0.3, -0.25) is 10.1 Å². The molecule has 7 heteroatoms. The zero-order chi connectivity index (χ0) is 13.1. The van der Waals surface area contributed by atoms with Crippen LogP contribution in [0.4, 0.5) is 10.1 Å². The normalized spacial score (nSPS) is 23.7. The molecule has 0 spiro atoms. The highest BCUT2D eigenvalue weighted by Crippen LogP contribution is 2.28. The van der Waals surface area contributed by atoms with E-state index < -0.39 is 10.7 Å². The van der Waals surface area contributed by atoms with E-state index in [9.17, 15) is 14.5 Å². The lowest BCUT2D eigenvalue weighted by molar-refractivity contribution is -0.385. The van der Waals surface area contributed by atoms with Crippen molar-refractivity contribution in [1.29, 1.82) is 0 Å². The van der Waals surface area contributed by atoms with E-state index in [1.54, 1.807) is 0 Å². The Hall–Kier alpha value is -1.21. The van der Waals surface area contributed by atoms with Crippen molar-refractivity contribution in [1.82, 2.24) is 0 Å². The van der Waals surface area contributed by atoms with Crippen molar-refractivity contribution in [2.45, 2.75) is 24.0 Å². The number of hydrogen-bond acceptors (Lipinski definition) is 4. The molecule has 2 unspecified atom stereocenters. The number of nitro benzene ring substituents is 1. The Morgan fingerprint density at radius 1 is 1.56 bits per heavy atom. The van der Waals surface area contributed by atoms with E-state index in [0.717, 1.165) is 18.9 Å². The molecule has 98 valence electrons. The van der Waals surface area contributed by atoms with Crippen LogP contribution in [0.15, 0.2) is 18.2 Å². The zero-order valence-corrected chi connectivity index (χ0v) is 10.9. The molecule has 18 heavy (non-hydrogen) atoms. The second-order valence-corrected chi connectivity index (χ2v) is 4.79. The Labute approximate surface area is 111 Å². The third-order valence-corrected chi connectivity index (χ3v) is 3.46. The molecule has 5 nitrogen and oxygen atoms in total. The Balaban J connectivity index is 2.11. The van der Waals surface area contributed by atoms with Crippen molar-refractivity contribution in [3.63, 3.8) is 0 Å². The van der Waals surface area contributed by atoms with Crippen LogP contribution >= 0.6 is 15.9 Å². The highest BCUT2D eigenvalue weighted by Gasteiger charge is 2.26. The van der Waals surface area contributed by atoms with Gasteiger partial charge >= 0.3 is 0 Å². The number of nitro groups is 1. The van der Waals surface area contributed by atoms with Crippen LogP contribution in [0, 0.1) is 15.9 Å². The van der Waals surface area contributed by atoms with Gasteiger partial charge in [-0.05, 0) is 18.9 Å². The number of rotatable bonds is 3. The van der Waals surface area contributed by atoms with Crippen LogP contribution in [0.1, 0.15) is 12.8 Å². The molecule has 0 amide bonds. The predicted octanol–water partition coefficient (Wildman–Crippen LogP) is 3.01. The first-order chi connectivity index (χ1) is 8.58. The maximum absolute atomic E-state index is 13.6. The maximum atomic E-state index is 13.6. The minimum Gasteiger partial charge on any atom is -0.484 e. The molecular weight excluding hydrogens is 309 g/mol. The Morgan fingerprint density at radius 3 is 2.94 bits per heavy atom. The van der Waals surface area contributed by atoms with E-state index in [2.05, 4.69) is 15.9 Å². The summed E-state index contributed by atoms with van der Waals surface area (Å²) in [7, 11) is 0. The number of ether oxygens (including phenoxy) is 2. The first-order valence-electron chi connectivity index (χ1n) is 5.44. The standard InChI is InChI=1S/C11H11BrFNO4/c12-11-10(2-1-5-17-11)18-9-4-3-7(14(15)16)6-8(9)13/h3-4,6,10-11H,1-2,5H2. The van der Waals surface area contributed by atoms with Gasteiger partial charge in [-0.1, -0.05) is 15.9 Å². The third-order valence-electron chi connectivity index (χ3n) is 2.61. The molecule has 1 aliphatic heterocycles. The van der Waals surface area contributed by atoms with Gasteiger partial charge in [-0.15, -0.1) is 0 Å². The van der Waals surface area contributed by atoms with Crippen LogP contribution in [-0.2, 0) is 4.74 Å². The summed E-state index contributed by atoms with van der Waals surface area (Å²) in [5.41, 5.74) is -0.296. The molecule has 2 rings (SSSR count). The number of benzene rings is 1. The summed E-state index contributed by atoms with van der Waals surface area (Å²) in [4.78, 5) is 9.83. The zero-order valence-electron chi connectivity index (χ0n) is 9.34. The van der Waals surface area contributed by atoms with Crippen LogP contribution in [0.3, 0.4) is 0 Å². The van der Waals surface area contributed by atoms with Crippen LogP contribution < -0.4 is 4.74 Å². The summed E-state index contributed by atoms with van der Waals surface area (Å²) in [5.74, 6) is -0.741. The molecule has 0 N–H and O–H groups in total. The van der Waals surface area contributed by atoms with Gasteiger partial charge in [0.2, 0.25) is 0 Å². The molecule has 1 aliphatic rings. The predicted molar refractivity (Wildman–Crippen MR) is 65.4 cm³/mol. The molecule has 0 saturated carbocycles. The van der Waals surface area contributed by atoms with Crippen molar-refractivity contribution >= 4 is 21.6 Å². The van der Waals surface area contributed by atoms with E-state index in [1.165, 1.54) is 12.1 Å². The smallest absolute Gasteiger partial charge is 0.272 e. The quantitative estimate of drug-likeness (QED) is 0.488. The second kappa shape index (κ2) is 5.62. The van der Waals surface area contributed by atoms with Crippen LogP contribution in [-0.4, -0.2) is 22.6 Å². The maximum Gasteiger partial charge on any atom is 0.272 e. The molecule has 0 radical (unpaired) electrons. The van der Waals surface area contributed by atoms with Crippen molar-refractivity contribution in [3.8, 4) is 5.75 Å². The minimum atomic E-state index is -0.741. The summed E-state index contributed by atoms with van der Waals surface area (Å²) in [6, 6.07) is 3.33. The highest BCUT2D eigenvalue weighted by molar-refractivity contribution is 9.09. The molecular formula is C11H11BrFNO4. The largest absolute Gasteiger partial charge is 0.484 e. The Morgan fingerprint density at radius 2 is 2.33 bits per heavy atom. The highest BCUT2D eigenvalue weighted by atomic mass is 79.9. The van der Waals surface area contributed by atoms with Gasteiger partial charge in [0.15, 0.2) is 11.6 Å². The number of alkyl halides is 1. The van der Waals surface area contributed by atoms with Gasteiger partial charge in [0, 0.05) is 12.7 Å². The lowest BCUT2D eigenvalue weighted by Gasteiger charge is -2.28. The molecule has 0 bridgehead atoms. The molecule has 0 aliphatic carbocycles. The van der Waals surface area contributed by atoms with Gasteiger partial charge in [0.05, 0.1) is 11.0 Å². The molecule has 1 saturated heterocycles. The number of nitrogens with zero attached hydrogens (tertiary/aromatic N) is 1. The fourth-order valence-electron chi connectivity index (χ4n) is 1.69. The Kier molecular flexibility index (Phi) is 4.13.